The fourth-order valence-corrected chi connectivity index (χ4v) is 3.95. The molecule has 0 N–H and O–H groups in total. The van der Waals surface area contributed by atoms with Crippen LogP contribution in [0.1, 0.15) is 0 Å². The molecule has 0 amide bonds. The minimum absolute atomic E-state index is 0.187. The summed E-state index contributed by atoms with van der Waals surface area (Å²) in [5.74, 6) is 1.23. The molecule has 0 saturated carbocycles. The zero-order chi connectivity index (χ0) is 17.2. The molecule has 1 aliphatic heterocycles. The summed E-state index contributed by atoms with van der Waals surface area (Å²) >= 11 is 0. The third-order valence-electron chi connectivity index (χ3n) is 4.28. The summed E-state index contributed by atoms with van der Waals surface area (Å²) in [5, 5.41) is 4.21. The van der Waals surface area contributed by atoms with Crippen molar-refractivity contribution in [1.82, 2.24) is 14.8 Å². The van der Waals surface area contributed by atoms with Crippen molar-refractivity contribution >= 4 is 16.5 Å². The Morgan fingerprint density at radius 1 is 1.04 bits per heavy atom. The number of aromatic nitrogens is 3. The number of benzene rings is 1. The minimum Gasteiger partial charge on any atom is -0.370 e. The van der Waals surface area contributed by atoms with Gasteiger partial charge in [0.1, 0.15) is 0 Å². The molecule has 0 spiro atoms. The van der Waals surface area contributed by atoms with Gasteiger partial charge in [-0.05, 0) is 29.8 Å². The largest absolute Gasteiger partial charge is 0.370 e. The molecule has 0 atom stereocenters. The molecular weight excluding hydrogens is 339 g/mol. The van der Waals surface area contributed by atoms with Gasteiger partial charge in [0.25, 0.3) is 0 Å². The van der Waals surface area contributed by atoms with Crippen molar-refractivity contribution in [3.63, 3.8) is 0 Å². The van der Waals surface area contributed by atoms with Gasteiger partial charge in [0, 0.05) is 59.0 Å². The van der Waals surface area contributed by atoms with Crippen LogP contribution in [0.3, 0.4) is 0 Å². The van der Waals surface area contributed by atoms with Crippen LogP contribution in [0.25, 0.3) is 16.9 Å². The molecule has 1 saturated heterocycles. The van der Waals surface area contributed by atoms with Crippen molar-refractivity contribution in [1.29, 1.82) is 0 Å². The first kappa shape index (κ1) is 16.0. The lowest BCUT2D eigenvalue weighted by molar-refractivity contribution is 0.600. The van der Waals surface area contributed by atoms with E-state index in [1.54, 1.807) is 24.7 Å². The van der Waals surface area contributed by atoms with Gasteiger partial charge in [-0.3, -0.25) is 4.21 Å². The van der Waals surface area contributed by atoms with E-state index in [2.05, 4.69) is 27.1 Å². The molecule has 25 heavy (non-hydrogen) atoms. The molecule has 0 aliphatic carbocycles. The molecule has 1 fully saturated rings. The highest BCUT2D eigenvalue weighted by molar-refractivity contribution is 7.85. The van der Waals surface area contributed by atoms with Crippen molar-refractivity contribution in [3.8, 4) is 16.9 Å². The van der Waals surface area contributed by atoms with Gasteiger partial charge in [0.05, 0.1) is 6.20 Å². The maximum atomic E-state index is 13.8. The third kappa shape index (κ3) is 3.32. The van der Waals surface area contributed by atoms with Crippen LogP contribution in [0.5, 0.6) is 0 Å². The zero-order valence-electron chi connectivity index (χ0n) is 13.5. The highest BCUT2D eigenvalue weighted by atomic mass is 32.2. The second-order valence-electron chi connectivity index (χ2n) is 5.86. The summed E-state index contributed by atoms with van der Waals surface area (Å²) in [6, 6.07) is 11.1. The van der Waals surface area contributed by atoms with Gasteiger partial charge in [-0.15, -0.1) is 0 Å². The van der Waals surface area contributed by atoms with E-state index in [4.69, 9.17) is 0 Å². The number of pyridine rings is 1. The van der Waals surface area contributed by atoms with Crippen molar-refractivity contribution in [2.75, 3.05) is 29.5 Å². The molecule has 128 valence electrons. The van der Waals surface area contributed by atoms with Crippen LogP contribution >= 0.6 is 0 Å². The average molecular weight is 356 g/mol. The van der Waals surface area contributed by atoms with E-state index in [-0.39, 0.29) is 5.82 Å². The molecule has 2 aromatic heterocycles. The van der Waals surface area contributed by atoms with E-state index < -0.39 is 16.6 Å². The van der Waals surface area contributed by atoms with Crippen LogP contribution in [0.4, 0.5) is 10.1 Å². The lowest BCUT2D eigenvalue weighted by atomic mass is 10.1. The van der Waals surface area contributed by atoms with E-state index >= 15 is 0 Å². The summed E-state index contributed by atoms with van der Waals surface area (Å²) in [5.41, 5.74) is 3.03. The van der Waals surface area contributed by atoms with Crippen molar-refractivity contribution < 1.29 is 8.60 Å². The van der Waals surface area contributed by atoms with E-state index in [0.29, 0.717) is 0 Å². The predicted molar refractivity (Wildman–Crippen MR) is 96.8 cm³/mol. The Bertz CT molecular complexity index is 899. The predicted octanol–water partition coefficient (Wildman–Crippen LogP) is 2.64. The molecular formula is C18H17FN4OS. The molecule has 3 aromatic rings. The average Bonchev–Trinajstić information content (AvgIpc) is 3.13. The van der Waals surface area contributed by atoms with Crippen LogP contribution in [-0.2, 0) is 10.8 Å². The number of hydrogen-bond acceptors (Lipinski definition) is 4. The number of halogens is 1. The first-order chi connectivity index (χ1) is 12.2. The highest BCUT2D eigenvalue weighted by Gasteiger charge is 2.15. The molecule has 1 aliphatic rings. The summed E-state index contributed by atoms with van der Waals surface area (Å²) in [4.78, 5) is 6.28. The fraction of sp³-hybridized carbons (Fsp3) is 0.222. The van der Waals surface area contributed by atoms with Gasteiger partial charge < -0.3 is 4.90 Å². The Morgan fingerprint density at radius 2 is 1.80 bits per heavy atom. The third-order valence-corrected chi connectivity index (χ3v) is 5.56. The summed E-state index contributed by atoms with van der Waals surface area (Å²) in [6.45, 7) is 1.64. The molecule has 5 nitrogen and oxygen atoms in total. The smallest absolute Gasteiger partial charge is 0.189 e. The first-order valence-corrected chi connectivity index (χ1v) is 9.55. The second kappa shape index (κ2) is 6.76. The molecule has 0 unspecified atom stereocenters. The Kier molecular flexibility index (Phi) is 4.31. The summed E-state index contributed by atoms with van der Waals surface area (Å²) in [6.07, 6.45) is 5.01. The summed E-state index contributed by atoms with van der Waals surface area (Å²) in [7, 11) is -0.676. The molecule has 0 radical (unpaired) electrons. The van der Waals surface area contributed by atoms with Crippen LogP contribution in [-0.4, -0.2) is 43.6 Å². The number of rotatable bonds is 3. The summed E-state index contributed by atoms with van der Waals surface area (Å²) < 4.78 is 26.7. The topological polar surface area (TPSA) is 51.0 Å². The van der Waals surface area contributed by atoms with Gasteiger partial charge in [0.15, 0.2) is 11.6 Å². The highest BCUT2D eigenvalue weighted by Crippen LogP contribution is 2.24. The SMILES string of the molecule is O=S1CCN(c2ccc(-c3cnn(-c4ncccc4F)c3)cc2)CC1. The van der Waals surface area contributed by atoms with Gasteiger partial charge in [-0.25, -0.2) is 14.1 Å². The molecule has 4 rings (SSSR count). The lowest BCUT2D eigenvalue weighted by Crippen LogP contribution is -2.37. The normalized spacial score (nSPS) is 15.5. The molecule has 3 heterocycles. The second-order valence-corrected chi connectivity index (χ2v) is 7.56. The molecule has 7 heteroatoms. The van der Waals surface area contributed by atoms with Gasteiger partial charge >= 0.3 is 0 Å². The Hall–Kier alpha value is -2.54. The first-order valence-electron chi connectivity index (χ1n) is 8.06. The molecule has 0 bridgehead atoms. The standard InChI is InChI=1S/C18H17FN4OS/c19-17-2-1-7-20-18(17)23-13-15(12-21-23)14-3-5-16(6-4-14)22-8-10-25(24)11-9-22/h1-7,12-13H,8-11H2. The van der Waals surface area contributed by atoms with Crippen LogP contribution in [0, 0.1) is 5.82 Å². The number of anilines is 1. The van der Waals surface area contributed by atoms with Crippen LogP contribution in [0.2, 0.25) is 0 Å². The Labute approximate surface area is 147 Å². The zero-order valence-corrected chi connectivity index (χ0v) is 14.3. The molecule has 1 aromatic carbocycles. The van der Waals surface area contributed by atoms with E-state index in [9.17, 15) is 8.60 Å². The van der Waals surface area contributed by atoms with Crippen molar-refractivity contribution in [2.45, 2.75) is 0 Å². The van der Waals surface area contributed by atoms with E-state index in [1.807, 2.05) is 12.1 Å². The van der Waals surface area contributed by atoms with Gasteiger partial charge in [-0.1, -0.05) is 12.1 Å². The minimum atomic E-state index is -0.676. The quantitative estimate of drug-likeness (QED) is 0.724. The Balaban J connectivity index is 1.55. The van der Waals surface area contributed by atoms with E-state index in [0.717, 1.165) is 41.4 Å². The van der Waals surface area contributed by atoms with Gasteiger partial charge in [0.2, 0.25) is 0 Å². The van der Waals surface area contributed by atoms with Crippen LogP contribution in [0.15, 0.2) is 55.0 Å². The maximum Gasteiger partial charge on any atom is 0.189 e. The number of nitrogens with zero attached hydrogens (tertiary/aromatic N) is 4. The number of hydrogen-bond donors (Lipinski definition) is 0. The van der Waals surface area contributed by atoms with Gasteiger partial charge in [-0.2, -0.15) is 5.10 Å². The lowest BCUT2D eigenvalue weighted by Gasteiger charge is -2.28. The van der Waals surface area contributed by atoms with Crippen LogP contribution < -0.4 is 4.90 Å². The van der Waals surface area contributed by atoms with Crippen molar-refractivity contribution in [2.24, 2.45) is 0 Å². The Morgan fingerprint density at radius 3 is 2.52 bits per heavy atom. The van der Waals surface area contributed by atoms with Crippen molar-refractivity contribution in [3.05, 3.63) is 60.8 Å². The van der Waals surface area contributed by atoms with E-state index in [1.165, 1.54) is 10.7 Å². The maximum absolute atomic E-state index is 13.8. The fourth-order valence-electron chi connectivity index (χ4n) is 2.89. The monoisotopic (exact) mass is 356 g/mol.